The molecule has 0 unspecified atom stereocenters. The van der Waals surface area contributed by atoms with Crippen LogP contribution in [0.5, 0.6) is 0 Å². The Morgan fingerprint density at radius 3 is 2.33 bits per heavy atom. The lowest BCUT2D eigenvalue weighted by Gasteiger charge is -2.56. The average molecular weight is 555 g/mol. The lowest BCUT2D eigenvalue weighted by atomic mass is 9.53. The first kappa shape index (κ1) is 24.7. The normalized spacial score (nSPS) is 28.8. The number of benzene rings is 1. The van der Waals surface area contributed by atoms with E-state index in [1.807, 2.05) is 0 Å². The molecule has 4 bridgehead atoms. The molecule has 4 aliphatic carbocycles. The number of hydrogen-bond acceptors (Lipinski definition) is 6. The van der Waals surface area contributed by atoms with E-state index in [0.717, 1.165) is 31.4 Å². The summed E-state index contributed by atoms with van der Waals surface area (Å²) in [4.78, 5) is 33.4. The van der Waals surface area contributed by atoms with Gasteiger partial charge >= 0.3 is 0 Å². The molecule has 1 N–H and O–H groups in total. The highest BCUT2D eigenvalue weighted by Crippen LogP contribution is 2.55. The van der Waals surface area contributed by atoms with Gasteiger partial charge in [0.15, 0.2) is 15.5 Å². The molecule has 1 saturated heterocycles. The minimum Gasteiger partial charge on any atom is -0.346 e. The average Bonchev–Trinajstić information content (AvgIpc) is 3.23. The predicted octanol–water partition coefficient (Wildman–Crippen LogP) is 3.55. The van der Waals surface area contributed by atoms with Gasteiger partial charge in [-0.15, -0.1) is 0 Å². The zero-order chi connectivity index (χ0) is 27.1. The summed E-state index contributed by atoms with van der Waals surface area (Å²) >= 11 is 0. The maximum Gasteiger partial charge on any atom is 0.257 e. The number of carbonyl (C=O) groups is 1. The number of aromatic nitrogens is 2. The van der Waals surface area contributed by atoms with Gasteiger partial charge in [-0.05, 0) is 80.5 Å². The molecule has 0 atom stereocenters. The number of sulfone groups is 1. The molecule has 3 heterocycles. The fraction of sp³-hybridized carbons (Fsp3) is 0.464. The summed E-state index contributed by atoms with van der Waals surface area (Å²) in [5, 5.41) is 3.30. The molecule has 39 heavy (non-hydrogen) atoms. The van der Waals surface area contributed by atoms with Crippen molar-refractivity contribution in [1.29, 1.82) is 0 Å². The van der Waals surface area contributed by atoms with Gasteiger partial charge < -0.3 is 10.2 Å². The van der Waals surface area contributed by atoms with E-state index in [0.29, 0.717) is 23.6 Å². The van der Waals surface area contributed by atoms with Crippen LogP contribution in [0.25, 0.3) is 16.7 Å². The molecule has 5 fully saturated rings. The molecule has 2 aromatic heterocycles. The molecule has 1 amide bonds. The number of nitrogens with zero attached hydrogens (tertiary/aromatic N) is 3. The Kier molecular flexibility index (Phi) is 5.43. The zero-order valence-electron chi connectivity index (χ0n) is 21.2. The number of fused-ring (bicyclic) bond motifs is 1. The molecule has 8 rings (SSSR count). The van der Waals surface area contributed by atoms with Gasteiger partial charge in [0, 0.05) is 24.3 Å². The van der Waals surface area contributed by atoms with Crippen LogP contribution in [0, 0.1) is 29.4 Å². The minimum atomic E-state index is -3.26. The van der Waals surface area contributed by atoms with E-state index in [9.17, 15) is 22.4 Å². The summed E-state index contributed by atoms with van der Waals surface area (Å²) in [5.74, 6) is -0.303. The number of pyridine rings is 2. The second-order valence-corrected chi connectivity index (χ2v) is 14.0. The van der Waals surface area contributed by atoms with Crippen molar-refractivity contribution in [3.05, 3.63) is 63.9 Å². The van der Waals surface area contributed by atoms with Crippen LogP contribution in [0.3, 0.4) is 0 Å². The van der Waals surface area contributed by atoms with Crippen LogP contribution in [-0.2, 0) is 9.84 Å². The second-order valence-electron chi connectivity index (χ2n) is 11.9. The van der Waals surface area contributed by atoms with Crippen LogP contribution in [0.1, 0.15) is 48.9 Å². The largest absolute Gasteiger partial charge is 0.346 e. The Morgan fingerprint density at radius 1 is 1.03 bits per heavy atom. The number of nitrogens with one attached hydrogen (secondary N) is 1. The van der Waals surface area contributed by atoms with Crippen molar-refractivity contribution in [2.45, 2.75) is 44.1 Å². The molecule has 5 aliphatic rings. The Morgan fingerprint density at radius 2 is 1.72 bits per heavy atom. The second kappa shape index (κ2) is 8.58. The van der Waals surface area contributed by atoms with Gasteiger partial charge in [0.2, 0.25) is 5.43 Å². The van der Waals surface area contributed by atoms with Gasteiger partial charge in [-0.25, -0.2) is 22.2 Å². The first-order valence-corrected chi connectivity index (χ1v) is 15.2. The van der Waals surface area contributed by atoms with Gasteiger partial charge in [-0.1, -0.05) is 0 Å². The molecule has 11 heteroatoms. The molecule has 3 aromatic rings. The molecule has 1 aliphatic heterocycles. The summed E-state index contributed by atoms with van der Waals surface area (Å²) < 4.78 is 54.1. The zero-order valence-corrected chi connectivity index (χ0v) is 22.0. The quantitative estimate of drug-likeness (QED) is 0.530. The van der Waals surface area contributed by atoms with E-state index in [1.165, 1.54) is 48.2 Å². The highest BCUT2D eigenvalue weighted by atomic mass is 32.2. The van der Waals surface area contributed by atoms with Gasteiger partial charge in [-0.3, -0.25) is 14.2 Å². The van der Waals surface area contributed by atoms with Crippen LogP contribution in [0.4, 0.5) is 14.6 Å². The monoisotopic (exact) mass is 554 g/mol. The maximum absolute atomic E-state index is 15.0. The summed E-state index contributed by atoms with van der Waals surface area (Å²) in [6.45, 7) is 0.238. The van der Waals surface area contributed by atoms with E-state index in [4.69, 9.17) is 0 Å². The van der Waals surface area contributed by atoms with E-state index in [-0.39, 0.29) is 46.0 Å². The highest BCUT2D eigenvalue weighted by Gasteiger charge is 2.51. The third kappa shape index (κ3) is 4.21. The minimum absolute atomic E-state index is 0.0183. The summed E-state index contributed by atoms with van der Waals surface area (Å²) in [6, 6.07) is 6.07. The van der Waals surface area contributed by atoms with Gasteiger partial charge in [0.05, 0.1) is 16.8 Å². The topological polar surface area (TPSA) is 101 Å². The molecule has 4 saturated carbocycles. The van der Waals surface area contributed by atoms with Crippen LogP contribution in [0.2, 0.25) is 0 Å². The summed E-state index contributed by atoms with van der Waals surface area (Å²) in [6.07, 6.45) is 7.60. The number of anilines is 1. The third-order valence-corrected chi connectivity index (χ3v) is 10.5. The maximum atomic E-state index is 15.0. The van der Waals surface area contributed by atoms with Crippen molar-refractivity contribution >= 4 is 32.6 Å². The molecule has 0 radical (unpaired) electrons. The van der Waals surface area contributed by atoms with E-state index < -0.39 is 32.8 Å². The van der Waals surface area contributed by atoms with Crippen molar-refractivity contribution in [3.8, 4) is 5.69 Å². The van der Waals surface area contributed by atoms with Crippen LogP contribution in [0.15, 0.2) is 41.3 Å². The van der Waals surface area contributed by atoms with Crippen molar-refractivity contribution in [3.63, 3.8) is 0 Å². The number of carbonyl (C=O) groups excluding carboxylic acids is 1. The van der Waals surface area contributed by atoms with Gasteiger partial charge in [0.25, 0.3) is 5.91 Å². The van der Waals surface area contributed by atoms with E-state index >= 15 is 4.39 Å². The van der Waals surface area contributed by atoms with E-state index in [1.54, 1.807) is 4.90 Å². The van der Waals surface area contributed by atoms with Gasteiger partial charge in [0.1, 0.15) is 28.9 Å². The number of halogens is 2. The van der Waals surface area contributed by atoms with Crippen molar-refractivity contribution in [2.75, 3.05) is 23.1 Å². The van der Waals surface area contributed by atoms with Crippen molar-refractivity contribution in [1.82, 2.24) is 14.9 Å². The lowest BCUT2D eigenvalue weighted by molar-refractivity contribution is -0.0167. The summed E-state index contributed by atoms with van der Waals surface area (Å²) in [7, 11) is -3.26. The Labute approximate surface area is 223 Å². The Hall–Kier alpha value is -3.34. The molecular weight excluding hydrogens is 526 g/mol. The number of amides is 1. The molecule has 1 aromatic carbocycles. The molecule has 204 valence electrons. The van der Waals surface area contributed by atoms with E-state index in [2.05, 4.69) is 10.3 Å². The van der Waals surface area contributed by atoms with Gasteiger partial charge in [-0.2, -0.15) is 0 Å². The Balaban J connectivity index is 1.34. The fourth-order valence-corrected chi connectivity index (χ4v) is 9.12. The van der Waals surface area contributed by atoms with Crippen LogP contribution >= 0.6 is 0 Å². The Bertz CT molecular complexity index is 1670. The van der Waals surface area contributed by atoms with Crippen LogP contribution < -0.4 is 15.6 Å². The smallest absolute Gasteiger partial charge is 0.257 e. The number of rotatable bonds is 4. The highest BCUT2D eigenvalue weighted by molar-refractivity contribution is 7.91. The first-order chi connectivity index (χ1) is 18.6. The summed E-state index contributed by atoms with van der Waals surface area (Å²) in [5.41, 5.74) is -1.04. The lowest BCUT2D eigenvalue weighted by Crippen LogP contribution is -2.60. The van der Waals surface area contributed by atoms with Crippen molar-refractivity contribution in [2.24, 2.45) is 17.8 Å². The SMILES string of the molecule is O=C(NC12CC3CC(CC(C3)C1)C2)c1cn(-c2ccc(F)cc2F)c2nc(N3CCS(=O)(=O)C3)ccc2c1=O. The third-order valence-electron chi connectivity index (χ3n) is 9.02. The van der Waals surface area contributed by atoms with Crippen molar-refractivity contribution < 1.29 is 22.0 Å². The fourth-order valence-electron chi connectivity index (χ4n) is 7.76. The standard InChI is InChI=1S/C28H28F2N4O4S/c29-19-1-3-23(22(30)10-19)34-14-21(27(36)32-28-11-16-7-17(12-28)9-18(8-16)13-28)25(35)20-2-4-24(31-26(20)34)33-5-6-39(37,38)15-33/h1-4,10,14,16-18H,5-9,11-13,15H2,(H,32,36). The molecule has 0 spiro atoms. The molecule has 8 nitrogen and oxygen atoms in total. The predicted molar refractivity (Wildman–Crippen MR) is 142 cm³/mol. The first-order valence-electron chi connectivity index (χ1n) is 13.4. The number of hydrogen-bond donors (Lipinski definition) is 1. The van der Waals surface area contributed by atoms with Crippen LogP contribution in [-0.4, -0.2) is 47.6 Å². The molecular formula is C28H28F2N4O4S.